The van der Waals surface area contributed by atoms with Crippen LogP contribution in [0.5, 0.6) is 17.2 Å². The van der Waals surface area contributed by atoms with Gasteiger partial charge in [-0.3, -0.25) is 9.59 Å². The molecule has 2 amide bonds. The van der Waals surface area contributed by atoms with E-state index in [0.29, 0.717) is 30.4 Å². The largest absolute Gasteiger partial charge is 0.494 e. The molecule has 0 atom stereocenters. The summed E-state index contributed by atoms with van der Waals surface area (Å²) in [6.45, 7) is 8.77. The van der Waals surface area contributed by atoms with Crippen LogP contribution in [-0.2, 0) is 9.59 Å². The number of nitrogens with zero attached hydrogens (tertiary/aromatic N) is 1. The Morgan fingerprint density at radius 2 is 1.62 bits per heavy atom. The molecule has 172 valence electrons. The number of rotatable bonds is 12. The van der Waals surface area contributed by atoms with E-state index in [0.717, 1.165) is 11.3 Å². The highest BCUT2D eigenvalue weighted by Gasteiger charge is 2.09. The summed E-state index contributed by atoms with van der Waals surface area (Å²) in [5.74, 6) is 1.39. The maximum atomic E-state index is 12.0. The van der Waals surface area contributed by atoms with Crippen LogP contribution >= 0.6 is 0 Å². The van der Waals surface area contributed by atoms with Crippen molar-refractivity contribution in [3.8, 4) is 17.2 Å². The Hall–Kier alpha value is -3.55. The molecular formula is C24H31N3O5. The fourth-order valence-corrected chi connectivity index (χ4v) is 2.71. The minimum Gasteiger partial charge on any atom is -0.494 e. The van der Waals surface area contributed by atoms with Crippen molar-refractivity contribution < 1.29 is 23.8 Å². The van der Waals surface area contributed by atoms with E-state index in [1.807, 2.05) is 33.8 Å². The molecular weight excluding hydrogens is 410 g/mol. The Labute approximate surface area is 188 Å². The van der Waals surface area contributed by atoms with E-state index in [9.17, 15) is 9.59 Å². The summed E-state index contributed by atoms with van der Waals surface area (Å²) < 4.78 is 16.7. The molecule has 0 saturated heterocycles. The van der Waals surface area contributed by atoms with Gasteiger partial charge in [-0.1, -0.05) is 0 Å². The second-order valence-electron chi connectivity index (χ2n) is 7.10. The molecule has 32 heavy (non-hydrogen) atoms. The number of hydrogen-bond donors (Lipinski definition) is 2. The van der Waals surface area contributed by atoms with Crippen molar-refractivity contribution in [2.45, 2.75) is 46.6 Å². The third-order valence-electron chi connectivity index (χ3n) is 4.06. The highest BCUT2D eigenvalue weighted by Crippen LogP contribution is 2.29. The van der Waals surface area contributed by atoms with Crippen LogP contribution in [-0.4, -0.2) is 37.3 Å². The number of hydrogen-bond acceptors (Lipinski definition) is 6. The van der Waals surface area contributed by atoms with Gasteiger partial charge in [-0.25, -0.2) is 5.43 Å². The second kappa shape index (κ2) is 13.0. The smallest absolute Gasteiger partial charge is 0.240 e. The highest BCUT2D eigenvalue weighted by molar-refractivity contribution is 5.93. The zero-order chi connectivity index (χ0) is 23.3. The van der Waals surface area contributed by atoms with Gasteiger partial charge in [-0.2, -0.15) is 5.10 Å². The number of nitrogens with one attached hydrogen (secondary N) is 2. The predicted molar refractivity (Wildman–Crippen MR) is 125 cm³/mol. The number of anilines is 1. The average Bonchev–Trinajstić information content (AvgIpc) is 2.75. The molecule has 0 aliphatic rings. The first-order chi connectivity index (χ1) is 15.4. The molecule has 0 unspecified atom stereocenters. The highest BCUT2D eigenvalue weighted by atomic mass is 16.5. The monoisotopic (exact) mass is 441 g/mol. The Morgan fingerprint density at radius 3 is 2.28 bits per heavy atom. The minimum atomic E-state index is -0.354. The quantitative estimate of drug-likeness (QED) is 0.381. The zero-order valence-electron chi connectivity index (χ0n) is 19.0. The van der Waals surface area contributed by atoms with E-state index in [4.69, 9.17) is 14.2 Å². The maximum absolute atomic E-state index is 12.0. The number of benzene rings is 2. The van der Waals surface area contributed by atoms with Crippen LogP contribution in [0.1, 0.15) is 46.1 Å². The number of hydrazone groups is 1. The Kier molecular flexibility index (Phi) is 10.0. The minimum absolute atomic E-state index is 0.0194. The van der Waals surface area contributed by atoms with Gasteiger partial charge in [0.05, 0.1) is 25.5 Å². The van der Waals surface area contributed by atoms with Crippen LogP contribution in [0.3, 0.4) is 0 Å². The van der Waals surface area contributed by atoms with E-state index >= 15 is 0 Å². The molecule has 0 bridgehead atoms. The molecule has 8 heteroatoms. The Bertz CT molecular complexity index is 910. The number of ether oxygens (including phenoxy) is 3. The Balaban J connectivity index is 1.80. The van der Waals surface area contributed by atoms with Gasteiger partial charge < -0.3 is 19.5 Å². The molecule has 0 fully saturated rings. The maximum Gasteiger partial charge on any atom is 0.240 e. The van der Waals surface area contributed by atoms with Crippen molar-refractivity contribution in [1.29, 1.82) is 0 Å². The molecule has 2 rings (SSSR count). The lowest BCUT2D eigenvalue weighted by molar-refractivity contribution is -0.124. The van der Waals surface area contributed by atoms with Crippen LogP contribution in [0.25, 0.3) is 0 Å². The lowest BCUT2D eigenvalue weighted by Crippen LogP contribution is -2.20. The molecule has 2 aromatic rings. The van der Waals surface area contributed by atoms with Crippen molar-refractivity contribution in [3.05, 3.63) is 48.0 Å². The molecule has 0 heterocycles. The van der Waals surface area contributed by atoms with Gasteiger partial charge in [0.25, 0.3) is 0 Å². The fraction of sp³-hybridized carbons (Fsp3) is 0.375. The van der Waals surface area contributed by atoms with Crippen LogP contribution in [0, 0.1) is 0 Å². The van der Waals surface area contributed by atoms with E-state index in [2.05, 4.69) is 15.8 Å². The molecule has 0 aromatic heterocycles. The zero-order valence-corrected chi connectivity index (χ0v) is 19.0. The van der Waals surface area contributed by atoms with Crippen LogP contribution in [0.15, 0.2) is 47.6 Å². The van der Waals surface area contributed by atoms with E-state index in [1.165, 1.54) is 6.21 Å². The number of carbonyl (C=O) groups is 2. The first-order valence-corrected chi connectivity index (χ1v) is 10.7. The molecule has 8 nitrogen and oxygen atoms in total. The number of amides is 2. The van der Waals surface area contributed by atoms with E-state index in [1.54, 1.807) is 36.4 Å². The fourth-order valence-electron chi connectivity index (χ4n) is 2.71. The molecule has 0 aliphatic carbocycles. The third kappa shape index (κ3) is 8.67. The molecule has 2 N–H and O–H groups in total. The molecule has 0 saturated carbocycles. The van der Waals surface area contributed by atoms with Crippen molar-refractivity contribution in [2.24, 2.45) is 5.10 Å². The Morgan fingerprint density at radius 1 is 0.938 bits per heavy atom. The van der Waals surface area contributed by atoms with Crippen molar-refractivity contribution in [2.75, 3.05) is 18.5 Å². The summed E-state index contributed by atoms with van der Waals surface area (Å²) in [6, 6.07) is 12.5. The van der Waals surface area contributed by atoms with Crippen molar-refractivity contribution in [1.82, 2.24) is 5.43 Å². The summed E-state index contributed by atoms with van der Waals surface area (Å²) in [7, 11) is 0. The predicted octanol–water partition coefficient (Wildman–Crippen LogP) is 4.14. The summed E-state index contributed by atoms with van der Waals surface area (Å²) in [5, 5.41) is 6.70. The van der Waals surface area contributed by atoms with Gasteiger partial charge in [-0.15, -0.1) is 0 Å². The lowest BCUT2D eigenvalue weighted by atomic mass is 10.2. The average molecular weight is 442 g/mol. The first kappa shape index (κ1) is 24.7. The van der Waals surface area contributed by atoms with Crippen LogP contribution in [0.2, 0.25) is 0 Å². The van der Waals surface area contributed by atoms with Gasteiger partial charge >= 0.3 is 0 Å². The summed E-state index contributed by atoms with van der Waals surface area (Å²) in [6.07, 6.45) is 1.61. The standard InChI is InChI=1S/C24H31N3O5/c1-5-30-20-10-8-19(9-11-20)26-23(28)13-14-24(29)27-25-16-18-7-12-21(32-17(3)4)22(15-18)31-6-2/h7-12,15-17H,5-6,13-14H2,1-4H3,(H,26,28)(H,27,29). The molecule has 0 spiro atoms. The van der Waals surface area contributed by atoms with Crippen molar-refractivity contribution in [3.63, 3.8) is 0 Å². The second-order valence-corrected chi connectivity index (χ2v) is 7.10. The SMILES string of the molecule is CCOc1ccc(NC(=O)CCC(=O)NN=Cc2ccc(OC(C)C)c(OCC)c2)cc1. The number of carbonyl (C=O) groups excluding carboxylic acids is 2. The lowest BCUT2D eigenvalue weighted by Gasteiger charge is -2.14. The van der Waals surface area contributed by atoms with E-state index in [-0.39, 0.29) is 30.8 Å². The van der Waals surface area contributed by atoms with Gasteiger partial charge in [-0.05, 0) is 75.7 Å². The molecule has 0 aliphatic heterocycles. The van der Waals surface area contributed by atoms with Gasteiger partial charge in [0.1, 0.15) is 5.75 Å². The molecule has 0 radical (unpaired) electrons. The normalized spacial score (nSPS) is 10.8. The van der Waals surface area contributed by atoms with Crippen LogP contribution < -0.4 is 25.0 Å². The first-order valence-electron chi connectivity index (χ1n) is 10.7. The molecule has 2 aromatic carbocycles. The van der Waals surface area contributed by atoms with Crippen LogP contribution in [0.4, 0.5) is 5.69 Å². The van der Waals surface area contributed by atoms with E-state index < -0.39 is 0 Å². The van der Waals surface area contributed by atoms with Gasteiger partial charge in [0.2, 0.25) is 11.8 Å². The van der Waals surface area contributed by atoms with Crippen molar-refractivity contribution >= 4 is 23.7 Å². The third-order valence-corrected chi connectivity index (χ3v) is 4.06. The van der Waals surface area contributed by atoms with Gasteiger partial charge in [0, 0.05) is 18.5 Å². The summed E-state index contributed by atoms with van der Waals surface area (Å²) >= 11 is 0. The summed E-state index contributed by atoms with van der Waals surface area (Å²) in [5.41, 5.74) is 3.83. The van der Waals surface area contributed by atoms with Gasteiger partial charge in [0.15, 0.2) is 11.5 Å². The topological polar surface area (TPSA) is 98.2 Å². The summed E-state index contributed by atoms with van der Waals surface area (Å²) in [4.78, 5) is 24.0.